The summed E-state index contributed by atoms with van der Waals surface area (Å²) < 4.78 is 5.48. The van der Waals surface area contributed by atoms with E-state index >= 15 is 0 Å². The fraction of sp³-hybridized carbons (Fsp3) is 0.286. The summed E-state index contributed by atoms with van der Waals surface area (Å²) in [5.41, 5.74) is 8.60. The third-order valence-corrected chi connectivity index (χ3v) is 3.89. The van der Waals surface area contributed by atoms with Gasteiger partial charge in [-0.3, -0.25) is 4.79 Å². The maximum atomic E-state index is 11.5. The average Bonchev–Trinajstić information content (AvgIpc) is 3.05. The monoisotopic (exact) mass is 325 g/mol. The topological polar surface area (TPSA) is 77.2 Å². The lowest BCUT2D eigenvalue weighted by Crippen LogP contribution is -2.32. The van der Waals surface area contributed by atoms with Gasteiger partial charge in [0.05, 0.1) is 18.3 Å². The summed E-state index contributed by atoms with van der Waals surface area (Å²) in [5.74, 6) is 0.725. The molecule has 0 radical (unpaired) electrons. The molecule has 112 valence electrons. The Morgan fingerprint density at radius 1 is 1.52 bits per heavy atom. The predicted molar refractivity (Wildman–Crippen MR) is 86.3 cm³/mol. The third-order valence-electron chi connectivity index (χ3n) is 3.13. The minimum atomic E-state index is -0.542. The molecule has 0 unspecified atom stereocenters. The van der Waals surface area contributed by atoms with E-state index in [-0.39, 0.29) is 18.3 Å². The van der Waals surface area contributed by atoms with Crippen LogP contribution in [0.4, 0.5) is 5.13 Å². The number of hydrogen-bond donors (Lipinski definition) is 2. The SMILES string of the molecule is C[C@H](N)C(=O)Nc1nc(-c2ccc3c(c2)CCO3)cs1.Cl. The van der Waals surface area contributed by atoms with Crippen LogP contribution >= 0.6 is 23.7 Å². The third kappa shape index (κ3) is 3.34. The first kappa shape index (κ1) is 15.8. The van der Waals surface area contributed by atoms with Crippen molar-refractivity contribution in [1.29, 1.82) is 0 Å². The first-order valence-corrected chi connectivity index (χ1v) is 7.29. The molecule has 1 aliphatic rings. The van der Waals surface area contributed by atoms with Crippen molar-refractivity contribution in [2.45, 2.75) is 19.4 Å². The van der Waals surface area contributed by atoms with E-state index in [0.29, 0.717) is 5.13 Å². The van der Waals surface area contributed by atoms with Crippen molar-refractivity contribution in [3.05, 3.63) is 29.1 Å². The molecule has 0 saturated heterocycles. The van der Waals surface area contributed by atoms with Crippen LogP contribution in [0.2, 0.25) is 0 Å². The second-order valence-electron chi connectivity index (χ2n) is 4.74. The van der Waals surface area contributed by atoms with Crippen molar-refractivity contribution in [2.24, 2.45) is 5.73 Å². The van der Waals surface area contributed by atoms with Crippen molar-refractivity contribution in [1.82, 2.24) is 4.98 Å². The molecule has 5 nitrogen and oxygen atoms in total. The van der Waals surface area contributed by atoms with E-state index in [1.807, 2.05) is 17.5 Å². The van der Waals surface area contributed by atoms with Gasteiger partial charge in [-0.2, -0.15) is 0 Å². The van der Waals surface area contributed by atoms with E-state index in [0.717, 1.165) is 30.0 Å². The van der Waals surface area contributed by atoms with Gasteiger partial charge in [-0.05, 0) is 30.7 Å². The number of thiazole rings is 1. The Bertz CT molecular complexity index is 657. The van der Waals surface area contributed by atoms with Crippen LogP contribution in [0.1, 0.15) is 12.5 Å². The molecule has 0 fully saturated rings. The maximum absolute atomic E-state index is 11.5. The number of anilines is 1. The summed E-state index contributed by atoms with van der Waals surface area (Å²) in [4.78, 5) is 15.9. The number of rotatable bonds is 3. The zero-order chi connectivity index (χ0) is 14.1. The van der Waals surface area contributed by atoms with E-state index in [2.05, 4.69) is 16.4 Å². The predicted octanol–water partition coefficient (Wildman–Crippen LogP) is 2.45. The van der Waals surface area contributed by atoms with Gasteiger partial charge >= 0.3 is 0 Å². The van der Waals surface area contributed by atoms with Gasteiger partial charge in [-0.15, -0.1) is 23.7 Å². The van der Waals surface area contributed by atoms with Gasteiger partial charge in [0.1, 0.15) is 5.75 Å². The molecule has 1 aliphatic heterocycles. The number of benzene rings is 1. The van der Waals surface area contributed by atoms with E-state index in [9.17, 15) is 4.79 Å². The fourth-order valence-electron chi connectivity index (χ4n) is 2.03. The van der Waals surface area contributed by atoms with Gasteiger partial charge in [0.15, 0.2) is 5.13 Å². The molecule has 21 heavy (non-hydrogen) atoms. The van der Waals surface area contributed by atoms with Crippen LogP contribution in [0.3, 0.4) is 0 Å². The lowest BCUT2D eigenvalue weighted by atomic mass is 10.1. The standard InChI is InChI=1S/C14H15N3O2S.ClH/c1-8(15)13(18)17-14-16-11(7-20-14)9-2-3-12-10(6-9)4-5-19-12;/h2-3,6-8H,4-5,15H2,1H3,(H,16,17,18);1H/t8-;/m0./s1. The normalized spacial score (nSPS) is 13.8. The number of halogens is 1. The number of nitrogens with one attached hydrogen (secondary N) is 1. The van der Waals surface area contributed by atoms with Crippen LogP contribution in [-0.2, 0) is 11.2 Å². The smallest absolute Gasteiger partial charge is 0.242 e. The molecule has 1 aromatic heterocycles. The van der Waals surface area contributed by atoms with Crippen LogP contribution in [0, 0.1) is 0 Å². The van der Waals surface area contributed by atoms with Crippen LogP contribution in [0.15, 0.2) is 23.6 Å². The largest absolute Gasteiger partial charge is 0.493 e. The van der Waals surface area contributed by atoms with Gasteiger partial charge in [-0.25, -0.2) is 4.98 Å². The van der Waals surface area contributed by atoms with Crippen LogP contribution < -0.4 is 15.8 Å². The summed E-state index contributed by atoms with van der Waals surface area (Å²) in [7, 11) is 0. The summed E-state index contributed by atoms with van der Waals surface area (Å²) >= 11 is 1.39. The highest BCUT2D eigenvalue weighted by Gasteiger charge is 2.15. The van der Waals surface area contributed by atoms with Gasteiger partial charge in [0.2, 0.25) is 5.91 Å². The molecule has 1 amide bonds. The van der Waals surface area contributed by atoms with Crippen molar-refractivity contribution >= 4 is 34.8 Å². The minimum Gasteiger partial charge on any atom is -0.493 e. The molecular weight excluding hydrogens is 310 g/mol. The zero-order valence-electron chi connectivity index (χ0n) is 11.5. The van der Waals surface area contributed by atoms with Crippen LogP contribution in [0.25, 0.3) is 11.3 Å². The number of nitrogens with two attached hydrogens (primary N) is 1. The average molecular weight is 326 g/mol. The Morgan fingerprint density at radius 2 is 2.33 bits per heavy atom. The number of carbonyl (C=O) groups is 1. The molecule has 1 atom stereocenters. The number of hydrogen-bond acceptors (Lipinski definition) is 5. The Labute approximate surface area is 132 Å². The van der Waals surface area contributed by atoms with E-state index in [1.54, 1.807) is 6.92 Å². The van der Waals surface area contributed by atoms with Crippen molar-refractivity contribution in [3.63, 3.8) is 0 Å². The Balaban J connectivity index is 0.00000161. The quantitative estimate of drug-likeness (QED) is 0.908. The van der Waals surface area contributed by atoms with Crippen molar-refractivity contribution in [3.8, 4) is 17.0 Å². The van der Waals surface area contributed by atoms with Gasteiger partial charge in [0, 0.05) is 17.4 Å². The van der Waals surface area contributed by atoms with Gasteiger partial charge < -0.3 is 15.8 Å². The molecule has 0 aliphatic carbocycles. The number of aromatic nitrogens is 1. The second kappa shape index (κ2) is 6.43. The highest BCUT2D eigenvalue weighted by Crippen LogP contribution is 2.31. The second-order valence-corrected chi connectivity index (χ2v) is 5.59. The molecule has 2 aromatic rings. The maximum Gasteiger partial charge on any atom is 0.242 e. The molecule has 0 bridgehead atoms. The Morgan fingerprint density at radius 3 is 3.10 bits per heavy atom. The fourth-order valence-corrected chi connectivity index (χ4v) is 2.75. The highest BCUT2D eigenvalue weighted by atomic mass is 35.5. The summed E-state index contributed by atoms with van der Waals surface area (Å²) in [5, 5.41) is 5.20. The zero-order valence-corrected chi connectivity index (χ0v) is 13.1. The van der Waals surface area contributed by atoms with E-state index in [1.165, 1.54) is 16.9 Å². The van der Waals surface area contributed by atoms with Gasteiger partial charge in [-0.1, -0.05) is 0 Å². The number of nitrogens with zero attached hydrogens (tertiary/aromatic N) is 1. The molecule has 3 rings (SSSR count). The van der Waals surface area contributed by atoms with Crippen molar-refractivity contribution in [2.75, 3.05) is 11.9 Å². The van der Waals surface area contributed by atoms with E-state index in [4.69, 9.17) is 10.5 Å². The van der Waals surface area contributed by atoms with E-state index < -0.39 is 6.04 Å². The molecule has 1 aromatic carbocycles. The number of fused-ring (bicyclic) bond motifs is 1. The van der Waals surface area contributed by atoms with Crippen molar-refractivity contribution < 1.29 is 9.53 Å². The highest BCUT2D eigenvalue weighted by molar-refractivity contribution is 7.14. The Hall–Kier alpha value is -1.63. The summed E-state index contributed by atoms with van der Waals surface area (Å²) in [6, 6.07) is 5.50. The number of amides is 1. The molecular formula is C14H16ClN3O2S. The lowest BCUT2D eigenvalue weighted by Gasteiger charge is -2.04. The molecule has 7 heteroatoms. The summed E-state index contributed by atoms with van der Waals surface area (Å²) in [6.45, 7) is 2.38. The lowest BCUT2D eigenvalue weighted by molar-refractivity contribution is -0.117. The first-order chi connectivity index (χ1) is 9.63. The molecule has 3 N–H and O–H groups in total. The molecule has 2 heterocycles. The molecule has 0 saturated carbocycles. The van der Waals surface area contributed by atoms with Crippen LogP contribution in [-0.4, -0.2) is 23.5 Å². The Kier molecular flexibility index (Phi) is 4.82. The number of carbonyl (C=O) groups excluding carboxylic acids is 1. The molecule has 0 spiro atoms. The number of ether oxygens (including phenoxy) is 1. The summed E-state index contributed by atoms with van der Waals surface area (Å²) in [6.07, 6.45) is 0.932. The minimum absolute atomic E-state index is 0. The van der Waals surface area contributed by atoms with Gasteiger partial charge in [0.25, 0.3) is 0 Å². The van der Waals surface area contributed by atoms with Crippen LogP contribution in [0.5, 0.6) is 5.75 Å². The first-order valence-electron chi connectivity index (χ1n) is 6.41.